The fourth-order valence-corrected chi connectivity index (χ4v) is 1.34. The Morgan fingerprint density at radius 3 is 2.94 bits per heavy atom. The van der Waals surface area contributed by atoms with E-state index < -0.39 is 0 Å². The molecule has 1 aromatic rings. The summed E-state index contributed by atoms with van der Waals surface area (Å²) in [7, 11) is 0. The molecule has 0 spiro atoms. The number of nitrogens with zero attached hydrogens (tertiary/aromatic N) is 1. The van der Waals surface area contributed by atoms with Gasteiger partial charge in [-0.2, -0.15) is 0 Å². The molecule has 1 aromatic heterocycles. The summed E-state index contributed by atoms with van der Waals surface area (Å²) in [5.74, 6) is 0.694. The van der Waals surface area contributed by atoms with Crippen molar-refractivity contribution in [3.63, 3.8) is 0 Å². The Morgan fingerprint density at radius 2 is 2.31 bits per heavy atom. The first kappa shape index (κ1) is 12.7. The average molecular weight is 220 g/mol. The summed E-state index contributed by atoms with van der Waals surface area (Å²) in [5, 5.41) is 3.28. The summed E-state index contributed by atoms with van der Waals surface area (Å²) in [6, 6.07) is 3.98. The molecule has 1 rings (SSSR count). The van der Waals surface area contributed by atoms with Crippen LogP contribution in [0.5, 0.6) is 5.88 Å². The van der Waals surface area contributed by atoms with Crippen molar-refractivity contribution in [3.8, 4) is 5.88 Å². The number of hydrogen-bond donors (Lipinski definition) is 1. The maximum atomic E-state index is 5.48. The molecule has 16 heavy (non-hydrogen) atoms. The number of rotatable bonds is 7. The molecule has 0 aliphatic heterocycles. The zero-order valence-corrected chi connectivity index (χ0v) is 10.1. The minimum Gasteiger partial charge on any atom is -0.477 e. The van der Waals surface area contributed by atoms with Crippen molar-refractivity contribution in [2.24, 2.45) is 0 Å². The minimum atomic E-state index is 0.641. The monoisotopic (exact) mass is 220 g/mol. The van der Waals surface area contributed by atoms with Gasteiger partial charge in [0.05, 0.1) is 6.61 Å². The van der Waals surface area contributed by atoms with Gasteiger partial charge in [0.1, 0.15) is 0 Å². The molecular weight excluding hydrogens is 200 g/mol. The Morgan fingerprint density at radius 1 is 1.50 bits per heavy atom. The van der Waals surface area contributed by atoms with Crippen LogP contribution in [0.25, 0.3) is 0 Å². The van der Waals surface area contributed by atoms with E-state index in [4.69, 9.17) is 4.74 Å². The van der Waals surface area contributed by atoms with Crippen molar-refractivity contribution in [2.75, 3.05) is 13.2 Å². The van der Waals surface area contributed by atoms with Crippen LogP contribution in [0, 0.1) is 6.92 Å². The first-order chi connectivity index (χ1) is 7.77. The fourth-order valence-electron chi connectivity index (χ4n) is 1.34. The molecule has 0 saturated heterocycles. The molecule has 0 amide bonds. The Bertz CT molecular complexity index is 337. The van der Waals surface area contributed by atoms with E-state index in [9.17, 15) is 0 Å². The lowest BCUT2D eigenvalue weighted by atomic mass is 10.2. The normalized spacial score (nSPS) is 10.1. The van der Waals surface area contributed by atoms with E-state index in [0.29, 0.717) is 12.5 Å². The van der Waals surface area contributed by atoms with Gasteiger partial charge in [-0.3, -0.25) is 0 Å². The summed E-state index contributed by atoms with van der Waals surface area (Å²) >= 11 is 0. The number of aryl methyl sites for hydroxylation is 1. The molecule has 0 saturated carbocycles. The van der Waals surface area contributed by atoms with Crippen LogP contribution in [0.1, 0.15) is 24.6 Å². The van der Waals surface area contributed by atoms with Gasteiger partial charge in [-0.1, -0.05) is 19.1 Å². The van der Waals surface area contributed by atoms with E-state index in [1.165, 1.54) is 5.56 Å². The predicted molar refractivity (Wildman–Crippen MR) is 66.7 cm³/mol. The largest absolute Gasteiger partial charge is 0.477 e. The van der Waals surface area contributed by atoms with Crippen LogP contribution in [0.3, 0.4) is 0 Å². The highest BCUT2D eigenvalue weighted by Crippen LogP contribution is 2.12. The predicted octanol–water partition coefficient (Wildman–Crippen LogP) is 2.45. The van der Waals surface area contributed by atoms with Crippen molar-refractivity contribution in [1.29, 1.82) is 0 Å². The van der Waals surface area contributed by atoms with Crippen molar-refractivity contribution in [1.82, 2.24) is 10.3 Å². The van der Waals surface area contributed by atoms with E-state index >= 15 is 0 Å². The van der Waals surface area contributed by atoms with Gasteiger partial charge in [0.15, 0.2) is 0 Å². The standard InChI is InChI=1S/C13H20N2O/c1-4-6-9-16-13-8-7-12(10-14-5-2)11(3)15-13/h4,7-8,14H,1,5-6,9-10H2,2-3H3. The number of aromatic nitrogens is 1. The summed E-state index contributed by atoms with van der Waals surface area (Å²) < 4.78 is 5.48. The first-order valence-corrected chi connectivity index (χ1v) is 5.68. The lowest BCUT2D eigenvalue weighted by Crippen LogP contribution is -2.13. The molecule has 0 atom stereocenters. The van der Waals surface area contributed by atoms with Crippen LogP contribution >= 0.6 is 0 Å². The molecule has 0 fully saturated rings. The number of pyridine rings is 1. The Hall–Kier alpha value is -1.35. The third-order valence-electron chi connectivity index (χ3n) is 2.31. The average Bonchev–Trinajstić information content (AvgIpc) is 2.28. The van der Waals surface area contributed by atoms with Crippen molar-refractivity contribution < 1.29 is 4.74 Å². The van der Waals surface area contributed by atoms with Gasteiger partial charge in [0.25, 0.3) is 0 Å². The van der Waals surface area contributed by atoms with E-state index in [-0.39, 0.29) is 0 Å². The number of hydrogen-bond acceptors (Lipinski definition) is 3. The van der Waals surface area contributed by atoms with Crippen molar-refractivity contribution in [2.45, 2.75) is 26.8 Å². The van der Waals surface area contributed by atoms with Crippen LogP contribution in [0.15, 0.2) is 24.8 Å². The zero-order chi connectivity index (χ0) is 11.8. The van der Waals surface area contributed by atoms with Crippen LogP contribution in [-0.2, 0) is 6.54 Å². The number of nitrogens with one attached hydrogen (secondary N) is 1. The van der Waals surface area contributed by atoms with E-state index in [1.807, 2.05) is 19.1 Å². The molecular formula is C13H20N2O. The maximum Gasteiger partial charge on any atom is 0.213 e. The molecule has 3 heteroatoms. The molecule has 0 aliphatic rings. The third-order valence-corrected chi connectivity index (χ3v) is 2.31. The summed E-state index contributed by atoms with van der Waals surface area (Å²) in [4.78, 5) is 4.40. The highest BCUT2D eigenvalue weighted by Gasteiger charge is 2.01. The van der Waals surface area contributed by atoms with Crippen LogP contribution in [0.2, 0.25) is 0 Å². The second-order valence-electron chi connectivity index (χ2n) is 3.60. The Labute approximate surface area is 97.5 Å². The Kier molecular flexibility index (Phi) is 5.57. The van der Waals surface area contributed by atoms with Crippen LogP contribution in [-0.4, -0.2) is 18.1 Å². The highest BCUT2D eigenvalue weighted by molar-refractivity contribution is 5.24. The van der Waals surface area contributed by atoms with Gasteiger partial charge in [-0.15, -0.1) is 6.58 Å². The second-order valence-corrected chi connectivity index (χ2v) is 3.60. The molecule has 0 radical (unpaired) electrons. The topological polar surface area (TPSA) is 34.1 Å². The summed E-state index contributed by atoms with van der Waals surface area (Å²) in [5.41, 5.74) is 2.25. The van der Waals surface area contributed by atoms with E-state index in [0.717, 1.165) is 25.2 Å². The van der Waals surface area contributed by atoms with Gasteiger partial charge < -0.3 is 10.1 Å². The molecule has 1 heterocycles. The molecule has 0 aliphatic carbocycles. The quantitative estimate of drug-likeness (QED) is 0.566. The SMILES string of the molecule is C=CCCOc1ccc(CNCC)c(C)n1. The van der Waals surface area contributed by atoms with Crippen molar-refractivity contribution in [3.05, 3.63) is 36.0 Å². The first-order valence-electron chi connectivity index (χ1n) is 5.68. The summed E-state index contributed by atoms with van der Waals surface area (Å²) in [6.07, 6.45) is 2.69. The Balaban J connectivity index is 2.56. The van der Waals surface area contributed by atoms with Gasteiger partial charge in [0, 0.05) is 18.3 Å². The molecule has 0 bridgehead atoms. The third kappa shape index (κ3) is 4.03. The molecule has 0 unspecified atom stereocenters. The molecule has 1 N–H and O–H groups in total. The van der Waals surface area contributed by atoms with Gasteiger partial charge in [-0.05, 0) is 25.5 Å². The van der Waals surface area contributed by atoms with Gasteiger partial charge in [0.2, 0.25) is 5.88 Å². The van der Waals surface area contributed by atoms with E-state index in [1.54, 1.807) is 0 Å². The zero-order valence-electron chi connectivity index (χ0n) is 10.1. The second kappa shape index (κ2) is 7.01. The molecule has 88 valence electrons. The highest BCUT2D eigenvalue weighted by atomic mass is 16.5. The lowest BCUT2D eigenvalue weighted by Gasteiger charge is -2.08. The van der Waals surface area contributed by atoms with Crippen LogP contribution < -0.4 is 10.1 Å². The fraction of sp³-hybridized carbons (Fsp3) is 0.462. The smallest absolute Gasteiger partial charge is 0.213 e. The minimum absolute atomic E-state index is 0.641. The van der Waals surface area contributed by atoms with Gasteiger partial charge >= 0.3 is 0 Å². The maximum absolute atomic E-state index is 5.48. The summed E-state index contributed by atoms with van der Waals surface area (Å²) in [6.45, 7) is 10.2. The molecule has 0 aromatic carbocycles. The van der Waals surface area contributed by atoms with Crippen LogP contribution in [0.4, 0.5) is 0 Å². The van der Waals surface area contributed by atoms with Crippen molar-refractivity contribution >= 4 is 0 Å². The lowest BCUT2D eigenvalue weighted by molar-refractivity contribution is 0.311. The van der Waals surface area contributed by atoms with Gasteiger partial charge in [-0.25, -0.2) is 4.98 Å². The molecule has 3 nitrogen and oxygen atoms in total. The number of ether oxygens (including phenoxy) is 1. The van der Waals surface area contributed by atoms with E-state index in [2.05, 4.69) is 29.9 Å².